The van der Waals surface area contributed by atoms with Crippen LogP contribution in [0, 0.1) is 5.41 Å². The van der Waals surface area contributed by atoms with Crippen LogP contribution in [0.2, 0.25) is 0 Å². The lowest BCUT2D eigenvalue weighted by molar-refractivity contribution is -0.197. The highest BCUT2D eigenvalue weighted by Gasteiger charge is 2.31. The minimum absolute atomic E-state index is 0.201. The van der Waals surface area contributed by atoms with Gasteiger partial charge in [-0.2, -0.15) is 0 Å². The Morgan fingerprint density at radius 1 is 1.35 bits per heavy atom. The van der Waals surface area contributed by atoms with E-state index in [-0.39, 0.29) is 6.61 Å². The Kier molecular flexibility index (Phi) is 6.42. The van der Waals surface area contributed by atoms with Gasteiger partial charge in [0.05, 0.1) is 12.0 Å². The van der Waals surface area contributed by atoms with E-state index in [0.717, 1.165) is 6.42 Å². The molecule has 1 heterocycles. The van der Waals surface area contributed by atoms with Crippen molar-refractivity contribution in [3.63, 3.8) is 0 Å². The lowest BCUT2D eigenvalue weighted by atomic mass is 9.91. The maximum atomic E-state index is 11.9. The van der Waals surface area contributed by atoms with Gasteiger partial charge in [0.2, 0.25) is 6.29 Å². The van der Waals surface area contributed by atoms with Crippen molar-refractivity contribution in [1.29, 1.82) is 0 Å². The number of hydrogen-bond acceptors (Lipinski definition) is 6. The zero-order chi connectivity index (χ0) is 15.2. The predicted molar refractivity (Wildman–Crippen MR) is 70.9 cm³/mol. The van der Waals surface area contributed by atoms with Crippen molar-refractivity contribution in [2.45, 2.75) is 52.9 Å². The summed E-state index contributed by atoms with van der Waals surface area (Å²) in [5, 5.41) is 0. The van der Waals surface area contributed by atoms with Crippen molar-refractivity contribution in [2.75, 3.05) is 19.8 Å². The first-order chi connectivity index (χ1) is 9.36. The standard InChI is InChI=1S/C14H24O6/c1-5-14(3,4)13(16)19-10(2)12(15)20-11-9-17-7-6-8-18-11/h10-11H,5-9H2,1-4H3. The zero-order valence-corrected chi connectivity index (χ0v) is 12.6. The minimum Gasteiger partial charge on any atom is -0.450 e. The third-order valence-electron chi connectivity index (χ3n) is 3.29. The van der Waals surface area contributed by atoms with Gasteiger partial charge >= 0.3 is 11.9 Å². The van der Waals surface area contributed by atoms with Gasteiger partial charge in [0, 0.05) is 6.61 Å². The number of esters is 2. The van der Waals surface area contributed by atoms with Crippen LogP contribution in [0.3, 0.4) is 0 Å². The van der Waals surface area contributed by atoms with Crippen LogP contribution >= 0.6 is 0 Å². The number of hydrogen-bond donors (Lipinski definition) is 0. The largest absolute Gasteiger partial charge is 0.450 e. The molecule has 1 aliphatic rings. The molecule has 0 saturated carbocycles. The topological polar surface area (TPSA) is 71.1 Å². The number of carbonyl (C=O) groups excluding carboxylic acids is 2. The molecule has 0 aromatic carbocycles. The van der Waals surface area contributed by atoms with Gasteiger partial charge in [-0.05, 0) is 33.6 Å². The SMILES string of the molecule is CCC(C)(C)C(=O)OC(C)C(=O)OC1COCCCO1. The van der Waals surface area contributed by atoms with E-state index in [1.807, 2.05) is 6.92 Å². The average Bonchev–Trinajstić information content (AvgIpc) is 2.67. The second-order valence-electron chi connectivity index (χ2n) is 5.45. The first-order valence-electron chi connectivity index (χ1n) is 6.97. The van der Waals surface area contributed by atoms with Gasteiger partial charge in [-0.1, -0.05) is 6.92 Å². The van der Waals surface area contributed by atoms with Crippen LogP contribution in [-0.2, 0) is 28.5 Å². The molecule has 0 aliphatic carbocycles. The summed E-state index contributed by atoms with van der Waals surface area (Å²) >= 11 is 0. The minimum atomic E-state index is -0.958. The van der Waals surface area contributed by atoms with Crippen molar-refractivity contribution in [1.82, 2.24) is 0 Å². The van der Waals surface area contributed by atoms with E-state index in [1.54, 1.807) is 13.8 Å². The van der Waals surface area contributed by atoms with Crippen LogP contribution in [-0.4, -0.2) is 44.2 Å². The smallest absolute Gasteiger partial charge is 0.349 e. The van der Waals surface area contributed by atoms with E-state index in [0.29, 0.717) is 19.6 Å². The van der Waals surface area contributed by atoms with Crippen LogP contribution in [0.4, 0.5) is 0 Å². The van der Waals surface area contributed by atoms with E-state index >= 15 is 0 Å². The normalized spacial score (nSPS) is 21.7. The molecule has 0 spiro atoms. The number of carbonyl (C=O) groups is 2. The maximum absolute atomic E-state index is 11.9. The van der Waals surface area contributed by atoms with Crippen LogP contribution in [0.1, 0.15) is 40.5 Å². The monoisotopic (exact) mass is 288 g/mol. The van der Waals surface area contributed by atoms with E-state index in [4.69, 9.17) is 18.9 Å². The quantitative estimate of drug-likeness (QED) is 0.716. The second-order valence-corrected chi connectivity index (χ2v) is 5.45. The molecule has 6 heteroatoms. The van der Waals surface area contributed by atoms with E-state index in [1.165, 1.54) is 6.92 Å². The lowest BCUT2D eigenvalue weighted by Gasteiger charge is -2.23. The highest BCUT2D eigenvalue weighted by atomic mass is 16.7. The predicted octanol–water partition coefficient (Wildman–Crippen LogP) is 1.66. The molecule has 0 aromatic heterocycles. The van der Waals surface area contributed by atoms with Crippen LogP contribution in [0.25, 0.3) is 0 Å². The van der Waals surface area contributed by atoms with Gasteiger partial charge in [0.25, 0.3) is 0 Å². The third-order valence-corrected chi connectivity index (χ3v) is 3.29. The Morgan fingerprint density at radius 3 is 2.70 bits per heavy atom. The summed E-state index contributed by atoms with van der Waals surface area (Å²) in [6.45, 7) is 8.20. The van der Waals surface area contributed by atoms with Crippen molar-refractivity contribution in [2.24, 2.45) is 5.41 Å². The Morgan fingerprint density at radius 2 is 2.05 bits per heavy atom. The summed E-state index contributed by atoms with van der Waals surface area (Å²) in [5.41, 5.74) is -0.615. The van der Waals surface area contributed by atoms with Gasteiger partial charge < -0.3 is 18.9 Å². The highest BCUT2D eigenvalue weighted by Crippen LogP contribution is 2.22. The van der Waals surface area contributed by atoms with Crippen molar-refractivity contribution in [3.8, 4) is 0 Å². The van der Waals surface area contributed by atoms with E-state index in [2.05, 4.69) is 0 Å². The molecule has 0 aromatic rings. The lowest BCUT2D eigenvalue weighted by Crippen LogP contribution is -2.36. The zero-order valence-electron chi connectivity index (χ0n) is 12.6. The van der Waals surface area contributed by atoms with Crippen LogP contribution in [0.5, 0.6) is 0 Å². The molecule has 0 bridgehead atoms. The fourth-order valence-electron chi connectivity index (χ4n) is 1.41. The molecule has 1 saturated heterocycles. The summed E-state index contributed by atoms with van der Waals surface area (Å²) < 4.78 is 20.8. The molecule has 116 valence electrons. The second kappa shape index (κ2) is 7.59. The van der Waals surface area contributed by atoms with E-state index in [9.17, 15) is 9.59 Å². The molecular formula is C14H24O6. The highest BCUT2D eigenvalue weighted by molar-refractivity contribution is 5.81. The van der Waals surface area contributed by atoms with Gasteiger partial charge in [0.1, 0.15) is 6.61 Å². The molecule has 20 heavy (non-hydrogen) atoms. The Bertz CT molecular complexity index is 331. The molecule has 2 unspecified atom stereocenters. The Labute approximate surface area is 119 Å². The molecule has 0 radical (unpaired) electrons. The first kappa shape index (κ1) is 16.9. The molecule has 1 fully saturated rings. The van der Waals surface area contributed by atoms with Crippen LogP contribution < -0.4 is 0 Å². The summed E-state index contributed by atoms with van der Waals surface area (Å²) in [4.78, 5) is 23.7. The number of ether oxygens (including phenoxy) is 4. The maximum Gasteiger partial charge on any atom is 0.349 e. The fraction of sp³-hybridized carbons (Fsp3) is 0.857. The third kappa shape index (κ3) is 5.09. The van der Waals surface area contributed by atoms with Gasteiger partial charge in [-0.15, -0.1) is 0 Å². The van der Waals surface area contributed by atoms with Gasteiger partial charge in [0.15, 0.2) is 6.10 Å². The molecule has 1 rings (SSSR count). The summed E-state index contributed by atoms with van der Waals surface area (Å²) in [6.07, 6.45) is -0.290. The Hall–Kier alpha value is -1.14. The summed E-state index contributed by atoms with van der Waals surface area (Å²) in [6, 6.07) is 0. The number of rotatable bonds is 5. The molecular weight excluding hydrogens is 264 g/mol. The van der Waals surface area contributed by atoms with Crippen LogP contribution in [0.15, 0.2) is 0 Å². The average molecular weight is 288 g/mol. The van der Waals surface area contributed by atoms with Crippen molar-refractivity contribution < 1.29 is 28.5 Å². The molecule has 0 N–H and O–H groups in total. The van der Waals surface area contributed by atoms with E-state index < -0.39 is 29.7 Å². The van der Waals surface area contributed by atoms with Gasteiger partial charge in [-0.3, -0.25) is 4.79 Å². The fourth-order valence-corrected chi connectivity index (χ4v) is 1.41. The van der Waals surface area contributed by atoms with Gasteiger partial charge in [-0.25, -0.2) is 4.79 Å². The summed E-state index contributed by atoms with van der Waals surface area (Å²) in [7, 11) is 0. The molecule has 2 atom stereocenters. The summed E-state index contributed by atoms with van der Waals surface area (Å²) in [5.74, 6) is -1.04. The molecule has 0 amide bonds. The molecule has 1 aliphatic heterocycles. The molecule has 6 nitrogen and oxygen atoms in total. The van der Waals surface area contributed by atoms with Crippen molar-refractivity contribution >= 4 is 11.9 Å². The Balaban J connectivity index is 2.44. The van der Waals surface area contributed by atoms with Crippen molar-refractivity contribution in [3.05, 3.63) is 0 Å². The first-order valence-corrected chi connectivity index (χ1v) is 6.97.